The molecule has 3 nitrogen and oxygen atoms in total. The van der Waals surface area contributed by atoms with Crippen LogP contribution in [-0.2, 0) is 7.05 Å². The molecule has 1 aromatic carbocycles. The van der Waals surface area contributed by atoms with Gasteiger partial charge in [0.25, 0.3) is 0 Å². The van der Waals surface area contributed by atoms with Crippen molar-refractivity contribution in [1.29, 1.82) is 0 Å². The minimum atomic E-state index is -0.0256. The zero-order chi connectivity index (χ0) is 13.3. The van der Waals surface area contributed by atoms with Gasteiger partial charge in [0, 0.05) is 17.1 Å². The van der Waals surface area contributed by atoms with E-state index < -0.39 is 0 Å². The number of nitrogens with zero attached hydrogens (tertiary/aromatic N) is 2. The first-order chi connectivity index (χ1) is 8.52. The van der Waals surface area contributed by atoms with Crippen LogP contribution in [0.1, 0.15) is 23.0 Å². The summed E-state index contributed by atoms with van der Waals surface area (Å²) in [6, 6.07) is 7.50. The van der Waals surface area contributed by atoms with Crippen LogP contribution >= 0.6 is 23.2 Å². The van der Waals surface area contributed by atoms with E-state index in [1.54, 1.807) is 6.07 Å². The number of hydrogen-bond donors (Lipinski definition) is 1. The smallest absolute Gasteiger partial charge is 0.0760 e. The number of aryl methyl sites for hydroxylation is 2. The molecule has 0 radical (unpaired) electrons. The van der Waals surface area contributed by atoms with E-state index in [9.17, 15) is 0 Å². The second kappa shape index (κ2) is 5.31. The summed E-state index contributed by atoms with van der Waals surface area (Å²) in [6.45, 7) is 1.97. The Hall–Kier alpha value is -1.03. The number of rotatable bonds is 3. The molecule has 2 rings (SSSR count). The van der Waals surface area contributed by atoms with Gasteiger partial charge in [-0.3, -0.25) is 4.68 Å². The van der Waals surface area contributed by atoms with E-state index in [0.29, 0.717) is 10.0 Å². The molecule has 1 unspecified atom stereocenters. The van der Waals surface area contributed by atoms with Crippen molar-refractivity contribution < 1.29 is 0 Å². The fourth-order valence-corrected chi connectivity index (χ4v) is 2.51. The van der Waals surface area contributed by atoms with E-state index in [4.69, 9.17) is 23.2 Å². The Kier molecular flexibility index (Phi) is 3.95. The largest absolute Gasteiger partial charge is 0.308 e. The van der Waals surface area contributed by atoms with Crippen molar-refractivity contribution in [2.75, 3.05) is 7.05 Å². The molecule has 1 N–H and O–H groups in total. The van der Waals surface area contributed by atoms with Crippen LogP contribution in [0.2, 0.25) is 10.0 Å². The Morgan fingerprint density at radius 1 is 1.28 bits per heavy atom. The standard InChI is InChI=1S/C13H15Cl2N3/c1-8-6-12(18(3)17-8)13(16-2)10-7-9(14)4-5-11(10)15/h4-7,13,16H,1-3H3. The summed E-state index contributed by atoms with van der Waals surface area (Å²) in [5, 5.41) is 8.98. The lowest BCUT2D eigenvalue weighted by atomic mass is 10.0. The van der Waals surface area contributed by atoms with Crippen molar-refractivity contribution in [2.45, 2.75) is 13.0 Å². The SMILES string of the molecule is CNC(c1cc(Cl)ccc1Cl)c1cc(C)nn1C. The molecule has 0 saturated carbocycles. The van der Waals surface area contributed by atoms with Gasteiger partial charge >= 0.3 is 0 Å². The number of nitrogens with one attached hydrogen (secondary N) is 1. The predicted octanol–water partition coefficient (Wildman–Crippen LogP) is 3.34. The molecule has 0 aliphatic heterocycles. The summed E-state index contributed by atoms with van der Waals surface area (Å²) in [5.41, 5.74) is 2.99. The Morgan fingerprint density at radius 2 is 2.00 bits per heavy atom. The van der Waals surface area contributed by atoms with E-state index in [2.05, 4.69) is 10.4 Å². The molecule has 0 saturated heterocycles. The normalized spacial score (nSPS) is 12.7. The predicted molar refractivity (Wildman–Crippen MR) is 75.3 cm³/mol. The molecular weight excluding hydrogens is 269 g/mol. The van der Waals surface area contributed by atoms with Crippen molar-refractivity contribution in [3.63, 3.8) is 0 Å². The van der Waals surface area contributed by atoms with E-state index in [-0.39, 0.29) is 6.04 Å². The van der Waals surface area contributed by atoms with Crippen molar-refractivity contribution in [3.05, 3.63) is 51.3 Å². The van der Waals surface area contributed by atoms with Crippen LogP contribution < -0.4 is 5.32 Å². The van der Waals surface area contributed by atoms with Gasteiger partial charge in [0.1, 0.15) is 0 Å². The van der Waals surface area contributed by atoms with Crippen LogP contribution in [0.5, 0.6) is 0 Å². The highest BCUT2D eigenvalue weighted by Gasteiger charge is 2.19. The van der Waals surface area contributed by atoms with E-state index in [1.807, 2.05) is 43.9 Å². The summed E-state index contributed by atoms with van der Waals surface area (Å²) in [5.74, 6) is 0. The van der Waals surface area contributed by atoms with E-state index in [1.165, 1.54) is 0 Å². The zero-order valence-corrected chi connectivity index (χ0v) is 12.0. The van der Waals surface area contributed by atoms with Crippen LogP contribution in [0.4, 0.5) is 0 Å². The minimum absolute atomic E-state index is 0.0256. The maximum Gasteiger partial charge on any atom is 0.0760 e. The Balaban J connectivity index is 2.51. The van der Waals surface area contributed by atoms with Crippen molar-refractivity contribution in [2.24, 2.45) is 7.05 Å². The summed E-state index contributed by atoms with van der Waals surface area (Å²) >= 11 is 12.3. The molecule has 0 aliphatic carbocycles. The van der Waals surface area contributed by atoms with Crippen LogP contribution in [0.3, 0.4) is 0 Å². The number of halogens is 2. The molecule has 0 spiro atoms. The van der Waals surface area contributed by atoms with Gasteiger partial charge in [0.15, 0.2) is 0 Å². The summed E-state index contributed by atoms with van der Waals surface area (Å²) in [6.07, 6.45) is 0. The summed E-state index contributed by atoms with van der Waals surface area (Å²) < 4.78 is 1.85. The monoisotopic (exact) mass is 283 g/mol. The number of hydrogen-bond acceptors (Lipinski definition) is 2. The molecule has 18 heavy (non-hydrogen) atoms. The van der Waals surface area contributed by atoms with Gasteiger partial charge in [-0.1, -0.05) is 23.2 Å². The molecule has 0 aliphatic rings. The summed E-state index contributed by atoms with van der Waals surface area (Å²) in [4.78, 5) is 0. The summed E-state index contributed by atoms with van der Waals surface area (Å²) in [7, 11) is 3.81. The third-order valence-corrected chi connectivity index (χ3v) is 3.47. The first-order valence-electron chi connectivity index (χ1n) is 5.65. The number of benzene rings is 1. The van der Waals surface area contributed by atoms with Gasteiger partial charge in [-0.25, -0.2) is 0 Å². The average molecular weight is 284 g/mol. The maximum absolute atomic E-state index is 6.25. The first kappa shape index (κ1) is 13.4. The molecule has 1 aromatic heterocycles. The second-order valence-electron chi connectivity index (χ2n) is 4.22. The first-order valence-corrected chi connectivity index (χ1v) is 6.41. The molecule has 0 amide bonds. The van der Waals surface area contributed by atoms with E-state index in [0.717, 1.165) is 17.0 Å². The zero-order valence-electron chi connectivity index (χ0n) is 10.5. The second-order valence-corrected chi connectivity index (χ2v) is 5.07. The van der Waals surface area contributed by atoms with Gasteiger partial charge in [-0.15, -0.1) is 0 Å². The van der Waals surface area contributed by atoms with Crippen molar-refractivity contribution in [3.8, 4) is 0 Å². The molecular formula is C13H15Cl2N3. The molecule has 1 atom stereocenters. The van der Waals surface area contributed by atoms with Gasteiger partial charge < -0.3 is 5.32 Å². The van der Waals surface area contributed by atoms with Gasteiger partial charge in [0.2, 0.25) is 0 Å². The molecule has 1 heterocycles. The van der Waals surface area contributed by atoms with Crippen LogP contribution in [-0.4, -0.2) is 16.8 Å². The number of aromatic nitrogens is 2. The molecule has 2 aromatic rings. The molecule has 0 bridgehead atoms. The van der Waals surface area contributed by atoms with Gasteiger partial charge in [-0.2, -0.15) is 5.10 Å². The van der Waals surface area contributed by atoms with Gasteiger partial charge in [-0.05, 0) is 43.8 Å². The highest BCUT2D eigenvalue weighted by atomic mass is 35.5. The lowest BCUT2D eigenvalue weighted by Crippen LogP contribution is -2.21. The minimum Gasteiger partial charge on any atom is -0.308 e. The Bertz CT molecular complexity index is 563. The van der Waals surface area contributed by atoms with Crippen molar-refractivity contribution in [1.82, 2.24) is 15.1 Å². The Morgan fingerprint density at radius 3 is 2.56 bits per heavy atom. The quantitative estimate of drug-likeness (QED) is 0.936. The topological polar surface area (TPSA) is 29.9 Å². The Labute approximate surface area is 117 Å². The average Bonchev–Trinajstić information content (AvgIpc) is 2.64. The van der Waals surface area contributed by atoms with Crippen LogP contribution in [0.25, 0.3) is 0 Å². The van der Waals surface area contributed by atoms with Crippen molar-refractivity contribution >= 4 is 23.2 Å². The molecule has 0 fully saturated rings. The third kappa shape index (κ3) is 2.53. The lowest BCUT2D eigenvalue weighted by Gasteiger charge is -2.18. The van der Waals surface area contributed by atoms with E-state index >= 15 is 0 Å². The molecule has 5 heteroatoms. The molecule has 96 valence electrons. The maximum atomic E-state index is 6.25. The highest BCUT2D eigenvalue weighted by molar-refractivity contribution is 6.33. The fourth-order valence-electron chi connectivity index (χ4n) is 2.10. The third-order valence-electron chi connectivity index (χ3n) is 2.89. The van der Waals surface area contributed by atoms with Gasteiger partial charge in [0.05, 0.1) is 17.4 Å². The van der Waals surface area contributed by atoms with Crippen LogP contribution in [0.15, 0.2) is 24.3 Å². The van der Waals surface area contributed by atoms with Crippen LogP contribution in [0, 0.1) is 6.92 Å². The lowest BCUT2D eigenvalue weighted by molar-refractivity contribution is 0.605. The highest BCUT2D eigenvalue weighted by Crippen LogP contribution is 2.30. The fraction of sp³-hybridized carbons (Fsp3) is 0.308.